The van der Waals surface area contributed by atoms with Gasteiger partial charge >= 0.3 is 0 Å². The molecule has 0 aromatic carbocycles. The molecule has 0 aliphatic heterocycles. The molecule has 2 saturated carbocycles. The average molecular weight is 166 g/mol. The van der Waals surface area contributed by atoms with Crippen molar-refractivity contribution in [2.45, 2.75) is 38.5 Å². The fourth-order valence-electron chi connectivity index (χ4n) is 2.57. The predicted molar refractivity (Wildman–Crippen MR) is 44.7 cm³/mol. The molecule has 0 radical (unpaired) electrons. The molecule has 66 valence electrons. The minimum Gasteiger partial charge on any atom is -0.299 e. The van der Waals surface area contributed by atoms with Crippen LogP contribution in [0.15, 0.2) is 0 Å². The van der Waals surface area contributed by atoms with E-state index in [-0.39, 0.29) is 23.9 Å². The Morgan fingerprint density at radius 1 is 1.08 bits per heavy atom. The van der Waals surface area contributed by atoms with Gasteiger partial charge in [-0.15, -0.1) is 0 Å². The van der Waals surface area contributed by atoms with Crippen molar-refractivity contribution in [3.8, 4) is 0 Å². The van der Waals surface area contributed by atoms with Gasteiger partial charge in [-0.1, -0.05) is 6.42 Å². The van der Waals surface area contributed by atoms with E-state index >= 15 is 0 Å². The van der Waals surface area contributed by atoms with E-state index in [1.54, 1.807) is 0 Å². The first kappa shape index (κ1) is 7.96. The van der Waals surface area contributed by atoms with E-state index in [1.165, 1.54) is 12.8 Å². The molecule has 2 heteroatoms. The second-order valence-corrected chi connectivity index (χ2v) is 4.02. The Kier molecular flexibility index (Phi) is 1.99. The maximum absolute atomic E-state index is 11.5. The Balaban J connectivity index is 2.14. The van der Waals surface area contributed by atoms with Crippen LogP contribution in [-0.2, 0) is 9.59 Å². The second kappa shape index (κ2) is 3.00. The lowest BCUT2D eigenvalue weighted by Gasteiger charge is -2.12. The van der Waals surface area contributed by atoms with Crippen molar-refractivity contribution in [1.82, 2.24) is 0 Å². The Hall–Kier alpha value is -0.660. The van der Waals surface area contributed by atoms with Crippen molar-refractivity contribution in [1.29, 1.82) is 0 Å². The molecule has 2 atom stereocenters. The summed E-state index contributed by atoms with van der Waals surface area (Å²) in [7, 11) is 0. The highest BCUT2D eigenvalue weighted by atomic mass is 16.1. The zero-order chi connectivity index (χ0) is 8.55. The normalized spacial score (nSPS) is 36.3. The van der Waals surface area contributed by atoms with E-state index in [9.17, 15) is 9.59 Å². The average Bonchev–Trinajstić information content (AvgIpc) is 2.43. The standard InChI is InChI=1S/C10H14O2/c11-8-5-4-7-2-1-3-9(7)10(12)6-8/h7,9H,1-6H2. The minimum absolute atomic E-state index is 0.161. The van der Waals surface area contributed by atoms with Crippen LogP contribution in [0.4, 0.5) is 0 Å². The van der Waals surface area contributed by atoms with E-state index in [0.717, 1.165) is 12.8 Å². The molecular formula is C10H14O2. The number of hydrogen-bond acceptors (Lipinski definition) is 2. The third-order valence-electron chi connectivity index (χ3n) is 3.24. The zero-order valence-electron chi connectivity index (χ0n) is 7.21. The first-order valence-electron chi connectivity index (χ1n) is 4.82. The number of carbonyl (C=O) groups excluding carboxylic acids is 2. The topological polar surface area (TPSA) is 34.1 Å². The molecule has 12 heavy (non-hydrogen) atoms. The summed E-state index contributed by atoms with van der Waals surface area (Å²) in [5.41, 5.74) is 0. The minimum atomic E-state index is 0.161. The third kappa shape index (κ3) is 1.30. The van der Waals surface area contributed by atoms with Gasteiger partial charge in [0.2, 0.25) is 0 Å². The van der Waals surface area contributed by atoms with Crippen LogP contribution in [0.1, 0.15) is 38.5 Å². The zero-order valence-corrected chi connectivity index (χ0v) is 7.21. The highest BCUT2D eigenvalue weighted by molar-refractivity contribution is 6.01. The fraction of sp³-hybridized carbons (Fsp3) is 0.800. The summed E-state index contributed by atoms with van der Waals surface area (Å²) in [6.07, 6.45) is 5.24. The molecule has 0 aromatic heterocycles. The van der Waals surface area contributed by atoms with Gasteiger partial charge in [0.25, 0.3) is 0 Å². The lowest BCUT2D eigenvalue weighted by molar-refractivity contribution is -0.128. The lowest BCUT2D eigenvalue weighted by Crippen LogP contribution is -2.16. The SMILES string of the molecule is O=C1CCC2CCCC2C(=O)C1. The summed E-state index contributed by atoms with van der Waals surface area (Å²) in [5, 5.41) is 0. The summed E-state index contributed by atoms with van der Waals surface area (Å²) in [6.45, 7) is 0. The monoisotopic (exact) mass is 166 g/mol. The Morgan fingerprint density at radius 3 is 2.75 bits per heavy atom. The van der Waals surface area contributed by atoms with E-state index in [4.69, 9.17) is 0 Å². The van der Waals surface area contributed by atoms with E-state index in [1.807, 2.05) is 0 Å². The first-order valence-corrected chi connectivity index (χ1v) is 4.82. The Bertz CT molecular complexity index is 220. The number of rotatable bonds is 0. The molecule has 2 rings (SSSR count). The highest BCUT2D eigenvalue weighted by Crippen LogP contribution is 2.38. The largest absolute Gasteiger partial charge is 0.299 e. The van der Waals surface area contributed by atoms with Crippen molar-refractivity contribution in [3.05, 3.63) is 0 Å². The van der Waals surface area contributed by atoms with Crippen molar-refractivity contribution in [2.24, 2.45) is 11.8 Å². The lowest BCUT2D eigenvalue weighted by atomic mass is 9.91. The molecule has 2 aliphatic carbocycles. The van der Waals surface area contributed by atoms with E-state index in [2.05, 4.69) is 0 Å². The Labute approximate surface area is 72.3 Å². The molecule has 0 aromatic rings. The summed E-state index contributed by atoms with van der Waals surface area (Å²) in [6, 6.07) is 0. The van der Waals surface area contributed by atoms with E-state index in [0.29, 0.717) is 12.3 Å². The first-order chi connectivity index (χ1) is 5.77. The highest BCUT2D eigenvalue weighted by Gasteiger charge is 2.35. The van der Waals surface area contributed by atoms with Crippen molar-refractivity contribution in [2.75, 3.05) is 0 Å². The molecule has 0 saturated heterocycles. The molecule has 0 bridgehead atoms. The van der Waals surface area contributed by atoms with Gasteiger partial charge < -0.3 is 0 Å². The van der Waals surface area contributed by atoms with Crippen LogP contribution in [0.25, 0.3) is 0 Å². The van der Waals surface area contributed by atoms with Gasteiger partial charge in [0.15, 0.2) is 0 Å². The van der Waals surface area contributed by atoms with Crippen LogP contribution < -0.4 is 0 Å². The molecule has 2 fully saturated rings. The van der Waals surface area contributed by atoms with Gasteiger partial charge in [0.05, 0.1) is 6.42 Å². The summed E-state index contributed by atoms with van der Waals surface area (Å²) in [4.78, 5) is 22.6. The molecule has 2 nitrogen and oxygen atoms in total. The molecule has 2 aliphatic rings. The maximum Gasteiger partial charge on any atom is 0.143 e. The van der Waals surface area contributed by atoms with Crippen LogP contribution >= 0.6 is 0 Å². The molecule has 0 N–H and O–H groups in total. The van der Waals surface area contributed by atoms with Gasteiger partial charge in [0.1, 0.15) is 11.6 Å². The second-order valence-electron chi connectivity index (χ2n) is 4.02. The van der Waals surface area contributed by atoms with Crippen molar-refractivity contribution >= 4 is 11.6 Å². The van der Waals surface area contributed by atoms with Crippen LogP contribution in [-0.4, -0.2) is 11.6 Å². The van der Waals surface area contributed by atoms with Gasteiger partial charge in [-0.25, -0.2) is 0 Å². The van der Waals surface area contributed by atoms with Crippen molar-refractivity contribution < 1.29 is 9.59 Å². The fourth-order valence-corrected chi connectivity index (χ4v) is 2.57. The van der Waals surface area contributed by atoms with E-state index < -0.39 is 0 Å². The molecule has 0 amide bonds. The molecular weight excluding hydrogens is 152 g/mol. The van der Waals surface area contributed by atoms with Crippen LogP contribution in [0.3, 0.4) is 0 Å². The maximum atomic E-state index is 11.5. The number of carbonyl (C=O) groups is 2. The van der Waals surface area contributed by atoms with Gasteiger partial charge in [-0.3, -0.25) is 9.59 Å². The van der Waals surface area contributed by atoms with Crippen LogP contribution in [0.5, 0.6) is 0 Å². The number of Topliss-reactive ketones (excluding diaryl/α,β-unsaturated/α-hetero) is 2. The molecule has 2 unspecified atom stereocenters. The van der Waals surface area contributed by atoms with Gasteiger partial charge in [-0.2, -0.15) is 0 Å². The number of fused-ring (bicyclic) bond motifs is 1. The summed E-state index contributed by atoms with van der Waals surface area (Å²) >= 11 is 0. The summed E-state index contributed by atoms with van der Waals surface area (Å²) in [5.74, 6) is 1.18. The van der Waals surface area contributed by atoms with Crippen LogP contribution in [0.2, 0.25) is 0 Å². The molecule has 0 heterocycles. The van der Waals surface area contributed by atoms with Gasteiger partial charge in [-0.05, 0) is 25.2 Å². The quantitative estimate of drug-likeness (QED) is 0.513. The Morgan fingerprint density at radius 2 is 1.92 bits per heavy atom. The predicted octanol–water partition coefficient (Wildman–Crippen LogP) is 1.72. The summed E-state index contributed by atoms with van der Waals surface area (Å²) < 4.78 is 0. The number of hydrogen-bond donors (Lipinski definition) is 0. The number of ketones is 2. The molecule has 0 spiro atoms. The smallest absolute Gasteiger partial charge is 0.143 e. The van der Waals surface area contributed by atoms with Crippen molar-refractivity contribution in [3.63, 3.8) is 0 Å². The van der Waals surface area contributed by atoms with Gasteiger partial charge in [0, 0.05) is 12.3 Å². The van der Waals surface area contributed by atoms with Crippen LogP contribution in [0, 0.1) is 11.8 Å². The third-order valence-corrected chi connectivity index (χ3v) is 3.24.